The zero-order valence-corrected chi connectivity index (χ0v) is 15.9. The Morgan fingerprint density at radius 1 is 1.00 bits per heavy atom. The molecule has 0 N–H and O–H groups in total. The van der Waals surface area contributed by atoms with Crippen LogP contribution in [0.5, 0.6) is 5.88 Å². The normalized spacial score (nSPS) is 11.2. The molecule has 1 aromatic carbocycles. The average molecular weight is 337 g/mol. The standard InChI is InChI=1S/C21H27N3O/c1-6-7-8-9-25-19-12-17(5)23-21-18(13-22-24(19)21)20-15(3)10-14(2)11-16(20)4/h10-13H,6-9H2,1-5H3. The maximum absolute atomic E-state index is 5.99. The summed E-state index contributed by atoms with van der Waals surface area (Å²) in [5.41, 5.74) is 7.87. The Labute approximate surface area is 149 Å². The molecule has 0 atom stereocenters. The van der Waals surface area contributed by atoms with Gasteiger partial charge in [-0.1, -0.05) is 37.5 Å². The van der Waals surface area contributed by atoms with Crippen molar-refractivity contribution in [3.63, 3.8) is 0 Å². The van der Waals surface area contributed by atoms with E-state index in [0.29, 0.717) is 6.61 Å². The number of fused-ring (bicyclic) bond motifs is 1. The maximum atomic E-state index is 5.99. The highest BCUT2D eigenvalue weighted by molar-refractivity contribution is 5.82. The Kier molecular flexibility index (Phi) is 5.07. The fraction of sp³-hybridized carbons (Fsp3) is 0.429. The summed E-state index contributed by atoms with van der Waals surface area (Å²) in [4.78, 5) is 4.74. The summed E-state index contributed by atoms with van der Waals surface area (Å²) in [6.07, 6.45) is 5.33. The smallest absolute Gasteiger partial charge is 0.218 e. The average Bonchev–Trinajstić information content (AvgIpc) is 2.94. The molecule has 0 amide bonds. The number of hydrogen-bond acceptors (Lipinski definition) is 3. The minimum absolute atomic E-state index is 0.712. The third-order valence-electron chi connectivity index (χ3n) is 4.51. The maximum Gasteiger partial charge on any atom is 0.218 e. The van der Waals surface area contributed by atoms with Gasteiger partial charge in [0, 0.05) is 17.3 Å². The van der Waals surface area contributed by atoms with Crippen molar-refractivity contribution in [1.29, 1.82) is 0 Å². The van der Waals surface area contributed by atoms with Gasteiger partial charge in [-0.15, -0.1) is 0 Å². The summed E-state index contributed by atoms with van der Waals surface area (Å²) in [6, 6.07) is 6.39. The Hall–Kier alpha value is -2.36. The molecule has 0 saturated carbocycles. The van der Waals surface area contributed by atoms with Gasteiger partial charge in [0.05, 0.1) is 12.8 Å². The molecule has 25 heavy (non-hydrogen) atoms. The van der Waals surface area contributed by atoms with Crippen molar-refractivity contribution in [1.82, 2.24) is 14.6 Å². The molecular formula is C21H27N3O. The summed E-state index contributed by atoms with van der Waals surface area (Å²) in [5.74, 6) is 0.771. The monoisotopic (exact) mass is 337 g/mol. The number of benzene rings is 1. The van der Waals surface area contributed by atoms with Crippen molar-refractivity contribution in [2.45, 2.75) is 53.9 Å². The molecule has 0 radical (unpaired) electrons. The van der Waals surface area contributed by atoms with Crippen LogP contribution in [0.3, 0.4) is 0 Å². The molecule has 0 saturated heterocycles. The number of unbranched alkanes of at least 4 members (excludes halogenated alkanes) is 2. The number of rotatable bonds is 6. The van der Waals surface area contributed by atoms with E-state index in [1.165, 1.54) is 35.1 Å². The lowest BCUT2D eigenvalue weighted by atomic mass is 9.95. The summed E-state index contributed by atoms with van der Waals surface area (Å²) in [7, 11) is 0. The molecule has 4 heteroatoms. The number of nitrogens with zero attached hydrogens (tertiary/aromatic N) is 3. The predicted molar refractivity (Wildman–Crippen MR) is 102 cm³/mol. The first-order valence-corrected chi connectivity index (χ1v) is 9.07. The van der Waals surface area contributed by atoms with Crippen molar-refractivity contribution in [2.75, 3.05) is 6.61 Å². The van der Waals surface area contributed by atoms with Crippen LogP contribution in [-0.4, -0.2) is 21.2 Å². The fourth-order valence-corrected chi connectivity index (χ4v) is 3.46. The molecule has 0 fully saturated rings. The SMILES string of the molecule is CCCCCOc1cc(C)nc2c(-c3c(C)cc(C)cc3C)cnn12. The number of aryl methyl sites for hydroxylation is 4. The molecule has 4 nitrogen and oxygen atoms in total. The zero-order chi connectivity index (χ0) is 18.0. The van der Waals surface area contributed by atoms with Crippen LogP contribution >= 0.6 is 0 Å². The van der Waals surface area contributed by atoms with Gasteiger partial charge in [-0.2, -0.15) is 9.61 Å². The first kappa shape index (κ1) is 17.5. The molecule has 0 spiro atoms. The summed E-state index contributed by atoms with van der Waals surface area (Å²) >= 11 is 0. The minimum Gasteiger partial charge on any atom is -0.478 e. The van der Waals surface area contributed by atoms with Crippen molar-refractivity contribution >= 4 is 5.65 Å². The van der Waals surface area contributed by atoms with Crippen LogP contribution in [0.15, 0.2) is 24.4 Å². The number of hydrogen-bond donors (Lipinski definition) is 0. The first-order valence-electron chi connectivity index (χ1n) is 9.07. The summed E-state index contributed by atoms with van der Waals surface area (Å²) in [6.45, 7) is 11.3. The number of aromatic nitrogens is 3. The molecule has 0 aliphatic rings. The van der Waals surface area contributed by atoms with Crippen molar-refractivity contribution < 1.29 is 4.74 Å². The van der Waals surface area contributed by atoms with Gasteiger partial charge in [0.1, 0.15) is 0 Å². The van der Waals surface area contributed by atoms with Crippen LogP contribution in [0.2, 0.25) is 0 Å². The van der Waals surface area contributed by atoms with E-state index in [2.05, 4.69) is 44.9 Å². The zero-order valence-electron chi connectivity index (χ0n) is 15.9. The Morgan fingerprint density at radius 3 is 2.40 bits per heavy atom. The molecule has 0 aliphatic heterocycles. The predicted octanol–water partition coefficient (Wildman–Crippen LogP) is 5.20. The molecule has 0 bridgehead atoms. The van der Waals surface area contributed by atoms with Crippen molar-refractivity contribution in [2.24, 2.45) is 0 Å². The van der Waals surface area contributed by atoms with Gasteiger partial charge in [0.25, 0.3) is 0 Å². The lowest BCUT2D eigenvalue weighted by Gasteiger charge is -2.11. The largest absolute Gasteiger partial charge is 0.478 e. The van der Waals surface area contributed by atoms with Crippen LogP contribution < -0.4 is 4.74 Å². The van der Waals surface area contributed by atoms with Gasteiger partial charge >= 0.3 is 0 Å². The van der Waals surface area contributed by atoms with Gasteiger partial charge in [-0.25, -0.2) is 4.98 Å². The van der Waals surface area contributed by atoms with Crippen LogP contribution in [0.4, 0.5) is 0 Å². The van der Waals surface area contributed by atoms with E-state index in [0.717, 1.165) is 29.2 Å². The third kappa shape index (κ3) is 3.53. The Morgan fingerprint density at radius 2 is 1.72 bits per heavy atom. The van der Waals surface area contributed by atoms with Crippen LogP contribution in [0.1, 0.15) is 48.6 Å². The van der Waals surface area contributed by atoms with Gasteiger partial charge < -0.3 is 4.74 Å². The molecule has 2 aromatic heterocycles. The van der Waals surface area contributed by atoms with Gasteiger partial charge in [0.2, 0.25) is 5.88 Å². The van der Waals surface area contributed by atoms with Gasteiger partial charge in [-0.3, -0.25) is 0 Å². The molecule has 132 valence electrons. The summed E-state index contributed by atoms with van der Waals surface area (Å²) < 4.78 is 7.82. The van der Waals surface area contributed by atoms with Gasteiger partial charge in [-0.05, 0) is 50.8 Å². The second-order valence-electron chi connectivity index (χ2n) is 6.86. The highest BCUT2D eigenvalue weighted by atomic mass is 16.5. The molecule has 0 aliphatic carbocycles. The summed E-state index contributed by atoms with van der Waals surface area (Å²) in [5, 5.41) is 4.57. The molecule has 2 heterocycles. The first-order chi connectivity index (χ1) is 12.0. The van der Waals surface area contributed by atoms with Crippen molar-refractivity contribution in [3.05, 3.63) is 46.8 Å². The highest BCUT2D eigenvalue weighted by Gasteiger charge is 2.16. The lowest BCUT2D eigenvalue weighted by Crippen LogP contribution is -2.04. The van der Waals surface area contributed by atoms with E-state index >= 15 is 0 Å². The Balaban J connectivity index is 2.06. The molecule has 3 aromatic rings. The van der Waals surface area contributed by atoms with E-state index in [1.807, 2.05) is 23.7 Å². The second-order valence-corrected chi connectivity index (χ2v) is 6.86. The fourth-order valence-electron chi connectivity index (χ4n) is 3.46. The van der Waals surface area contributed by atoms with Crippen LogP contribution in [0, 0.1) is 27.7 Å². The van der Waals surface area contributed by atoms with E-state index in [9.17, 15) is 0 Å². The van der Waals surface area contributed by atoms with E-state index in [4.69, 9.17) is 9.72 Å². The lowest BCUT2D eigenvalue weighted by molar-refractivity contribution is 0.287. The minimum atomic E-state index is 0.712. The quantitative estimate of drug-likeness (QED) is 0.580. The van der Waals surface area contributed by atoms with Gasteiger partial charge in [0.15, 0.2) is 5.65 Å². The number of ether oxygens (including phenoxy) is 1. The van der Waals surface area contributed by atoms with E-state index < -0.39 is 0 Å². The van der Waals surface area contributed by atoms with Crippen molar-refractivity contribution in [3.8, 4) is 17.0 Å². The molecular weight excluding hydrogens is 310 g/mol. The van der Waals surface area contributed by atoms with Crippen LogP contribution in [0.25, 0.3) is 16.8 Å². The molecule has 3 rings (SSSR count). The Bertz CT molecular complexity index is 873. The highest BCUT2D eigenvalue weighted by Crippen LogP contribution is 2.32. The van der Waals surface area contributed by atoms with E-state index in [1.54, 1.807) is 0 Å². The molecule has 0 unspecified atom stereocenters. The van der Waals surface area contributed by atoms with Crippen LogP contribution in [-0.2, 0) is 0 Å². The topological polar surface area (TPSA) is 39.4 Å². The third-order valence-corrected chi connectivity index (χ3v) is 4.51. The second kappa shape index (κ2) is 7.26. The van der Waals surface area contributed by atoms with E-state index in [-0.39, 0.29) is 0 Å².